The van der Waals surface area contributed by atoms with Crippen LogP contribution in [0.5, 0.6) is 0 Å². The number of hydrogen-bond donors (Lipinski definition) is 1. The van der Waals surface area contributed by atoms with Gasteiger partial charge in [-0.05, 0) is 50.5 Å². The van der Waals surface area contributed by atoms with Gasteiger partial charge in [0.05, 0.1) is 6.16 Å². The summed E-state index contributed by atoms with van der Waals surface area (Å²) in [4.78, 5) is 2.44. The number of nitrogens with zero attached hydrogens (tertiary/aromatic N) is 1. The molecule has 0 saturated heterocycles. The summed E-state index contributed by atoms with van der Waals surface area (Å²) in [5.74, 6) is 0. The Morgan fingerprint density at radius 1 is 0.667 bits per heavy atom. The largest absolute Gasteiger partial charge is 0.318 e. The third-order valence-corrected chi connectivity index (χ3v) is 9.56. The minimum Gasteiger partial charge on any atom is -0.318 e. The molecular weight excluding hydrogens is 347 g/mol. The molecule has 1 N–H and O–H groups in total. The maximum absolute atomic E-state index is 3.26. The fourth-order valence-electron chi connectivity index (χ4n) is 3.62. The smallest absolute Gasteiger partial charge is 0.113 e. The van der Waals surface area contributed by atoms with Crippen LogP contribution in [0.1, 0.15) is 0 Å². The van der Waals surface area contributed by atoms with Crippen LogP contribution in [-0.4, -0.2) is 44.8 Å². The molecular formula is C24H30N2P+. The fraction of sp³-hybridized carbons (Fsp3) is 0.250. The molecule has 0 aromatic heterocycles. The van der Waals surface area contributed by atoms with Gasteiger partial charge in [0.2, 0.25) is 0 Å². The number of benzene rings is 3. The Balaban J connectivity index is 2.08. The zero-order valence-corrected chi connectivity index (χ0v) is 17.3. The Kier molecular flexibility index (Phi) is 7.18. The second kappa shape index (κ2) is 9.80. The zero-order valence-electron chi connectivity index (χ0n) is 16.4. The van der Waals surface area contributed by atoms with Crippen molar-refractivity contribution in [2.45, 2.75) is 0 Å². The maximum Gasteiger partial charge on any atom is 0.113 e. The molecule has 0 radical (unpaired) electrons. The second-order valence-corrected chi connectivity index (χ2v) is 10.6. The van der Waals surface area contributed by atoms with E-state index in [-0.39, 0.29) is 0 Å². The number of nitrogens with one attached hydrogen (secondary N) is 1. The molecule has 0 aliphatic carbocycles. The number of rotatable bonds is 9. The highest BCUT2D eigenvalue weighted by Gasteiger charge is 2.44. The Morgan fingerprint density at radius 3 is 1.44 bits per heavy atom. The predicted octanol–water partition coefficient (Wildman–Crippen LogP) is 3.13. The summed E-state index contributed by atoms with van der Waals surface area (Å²) < 4.78 is 0. The summed E-state index contributed by atoms with van der Waals surface area (Å²) in [7, 11) is 2.54. The lowest BCUT2D eigenvalue weighted by atomic mass is 10.4. The van der Waals surface area contributed by atoms with Crippen molar-refractivity contribution in [3.8, 4) is 0 Å². The third kappa shape index (κ3) is 4.65. The van der Waals surface area contributed by atoms with E-state index >= 15 is 0 Å². The first-order valence-corrected chi connectivity index (χ1v) is 11.6. The first-order chi connectivity index (χ1) is 13.3. The zero-order chi connectivity index (χ0) is 19.0. The first kappa shape index (κ1) is 19.8. The predicted molar refractivity (Wildman–Crippen MR) is 121 cm³/mol. The Labute approximate surface area is 164 Å². The number of likely N-dealkylation sites (N-methyl/N-ethyl adjacent to an activating group) is 2. The lowest BCUT2D eigenvalue weighted by molar-refractivity contribution is 0.356. The van der Waals surface area contributed by atoms with Crippen molar-refractivity contribution >= 4 is 23.2 Å². The molecule has 2 nitrogen and oxygen atoms in total. The quantitative estimate of drug-likeness (QED) is 0.577. The molecule has 0 unspecified atom stereocenters. The monoisotopic (exact) mass is 377 g/mol. The van der Waals surface area contributed by atoms with E-state index in [0.717, 1.165) is 25.8 Å². The van der Waals surface area contributed by atoms with Crippen molar-refractivity contribution < 1.29 is 0 Å². The molecule has 0 saturated carbocycles. The Bertz CT molecular complexity index is 694. The van der Waals surface area contributed by atoms with E-state index in [0.29, 0.717) is 0 Å². The molecule has 0 bridgehead atoms. The third-order valence-electron chi connectivity index (χ3n) is 5.15. The van der Waals surface area contributed by atoms with Crippen LogP contribution in [0.15, 0.2) is 91.0 Å². The van der Waals surface area contributed by atoms with E-state index in [1.807, 2.05) is 7.05 Å². The van der Waals surface area contributed by atoms with E-state index in [2.05, 4.69) is 108 Å². The van der Waals surface area contributed by atoms with Gasteiger partial charge in [0, 0.05) is 19.6 Å². The minimum absolute atomic E-state index is 1.02. The van der Waals surface area contributed by atoms with Gasteiger partial charge >= 0.3 is 0 Å². The van der Waals surface area contributed by atoms with Gasteiger partial charge in [-0.25, -0.2) is 0 Å². The van der Waals surface area contributed by atoms with E-state index in [9.17, 15) is 0 Å². The van der Waals surface area contributed by atoms with Crippen LogP contribution in [0.4, 0.5) is 0 Å². The van der Waals surface area contributed by atoms with Crippen molar-refractivity contribution in [1.29, 1.82) is 0 Å². The molecule has 3 heteroatoms. The lowest BCUT2D eigenvalue weighted by Crippen LogP contribution is -2.38. The standard InChI is InChI=1S/C24H30N2P/c1-25-18-19-26(2)20-21-27(22-12-6-3-7-13-22,23-14-8-4-9-15-23)24-16-10-5-11-17-24/h3-17,25H,18-21H2,1-2H3/q+1. The molecule has 3 rings (SSSR count). The van der Waals surface area contributed by atoms with Crippen LogP contribution in [0.2, 0.25) is 0 Å². The molecule has 0 aliphatic rings. The molecule has 0 aliphatic heterocycles. The molecule has 0 fully saturated rings. The van der Waals surface area contributed by atoms with Crippen LogP contribution in [-0.2, 0) is 0 Å². The van der Waals surface area contributed by atoms with Crippen LogP contribution in [0, 0.1) is 0 Å². The summed E-state index contributed by atoms with van der Waals surface area (Å²) in [6.07, 6.45) is 1.14. The summed E-state index contributed by atoms with van der Waals surface area (Å²) in [6, 6.07) is 33.4. The Hall–Kier alpha value is -1.99. The summed E-state index contributed by atoms with van der Waals surface area (Å²) in [5.41, 5.74) is 0. The van der Waals surface area contributed by atoms with Gasteiger partial charge in [-0.3, -0.25) is 0 Å². The van der Waals surface area contributed by atoms with Gasteiger partial charge in [-0.2, -0.15) is 0 Å². The molecule has 0 spiro atoms. The molecule has 0 atom stereocenters. The second-order valence-electron chi connectivity index (χ2n) is 6.95. The van der Waals surface area contributed by atoms with Crippen molar-refractivity contribution in [1.82, 2.24) is 10.2 Å². The first-order valence-electron chi connectivity index (χ1n) is 9.65. The van der Waals surface area contributed by atoms with E-state index in [1.165, 1.54) is 15.9 Å². The number of hydrogen-bond acceptors (Lipinski definition) is 2. The maximum atomic E-state index is 3.26. The fourth-order valence-corrected chi connectivity index (χ4v) is 7.97. The van der Waals surface area contributed by atoms with Gasteiger partial charge in [0.1, 0.15) is 23.2 Å². The van der Waals surface area contributed by atoms with E-state index < -0.39 is 7.26 Å². The van der Waals surface area contributed by atoms with Crippen LogP contribution < -0.4 is 21.2 Å². The molecule has 3 aromatic rings. The van der Waals surface area contributed by atoms with Gasteiger partial charge in [0.15, 0.2) is 0 Å². The SMILES string of the molecule is CNCCN(C)CC[P+](c1ccccc1)(c1ccccc1)c1ccccc1. The Morgan fingerprint density at radius 2 is 1.07 bits per heavy atom. The van der Waals surface area contributed by atoms with E-state index in [4.69, 9.17) is 0 Å². The van der Waals surface area contributed by atoms with Crippen LogP contribution in [0.3, 0.4) is 0 Å². The summed E-state index contributed by atoms with van der Waals surface area (Å²) in [5, 5.41) is 7.65. The molecule has 0 heterocycles. The van der Waals surface area contributed by atoms with Crippen LogP contribution in [0.25, 0.3) is 0 Å². The summed E-state index contributed by atoms with van der Waals surface area (Å²) in [6.45, 7) is 3.16. The average Bonchev–Trinajstić information content (AvgIpc) is 2.75. The van der Waals surface area contributed by atoms with Crippen molar-refractivity contribution in [2.24, 2.45) is 0 Å². The average molecular weight is 377 g/mol. The molecule has 27 heavy (non-hydrogen) atoms. The lowest BCUT2D eigenvalue weighted by Gasteiger charge is -2.29. The van der Waals surface area contributed by atoms with Crippen molar-refractivity contribution in [3.63, 3.8) is 0 Å². The normalized spacial score (nSPS) is 11.7. The summed E-state index contributed by atoms with van der Waals surface area (Å²) >= 11 is 0. The molecule has 140 valence electrons. The van der Waals surface area contributed by atoms with Gasteiger partial charge in [-0.1, -0.05) is 54.6 Å². The highest BCUT2D eigenvalue weighted by molar-refractivity contribution is 7.95. The van der Waals surface area contributed by atoms with Crippen molar-refractivity contribution in [2.75, 3.05) is 39.9 Å². The molecule has 3 aromatic carbocycles. The van der Waals surface area contributed by atoms with Gasteiger partial charge in [0.25, 0.3) is 0 Å². The topological polar surface area (TPSA) is 15.3 Å². The highest BCUT2D eigenvalue weighted by Crippen LogP contribution is 2.54. The molecule has 0 amide bonds. The van der Waals surface area contributed by atoms with Crippen LogP contribution >= 0.6 is 7.26 Å². The minimum atomic E-state index is -1.70. The van der Waals surface area contributed by atoms with Crippen molar-refractivity contribution in [3.05, 3.63) is 91.0 Å². The van der Waals surface area contributed by atoms with Gasteiger partial charge in [-0.15, -0.1) is 0 Å². The van der Waals surface area contributed by atoms with E-state index in [1.54, 1.807) is 0 Å². The highest BCUT2D eigenvalue weighted by atomic mass is 31.2. The van der Waals surface area contributed by atoms with Gasteiger partial charge < -0.3 is 10.2 Å².